The molecule has 0 amide bonds. The van der Waals surface area contributed by atoms with Gasteiger partial charge < -0.3 is 14.7 Å². The van der Waals surface area contributed by atoms with Crippen LogP contribution in [0.2, 0.25) is 0 Å². The van der Waals surface area contributed by atoms with Crippen LogP contribution in [0.3, 0.4) is 0 Å². The first-order valence-electron chi connectivity index (χ1n) is 8.44. The highest BCUT2D eigenvalue weighted by atomic mass is 31.2. The lowest BCUT2D eigenvalue weighted by Gasteiger charge is -2.43. The Hall–Kier alpha value is -0.750. The van der Waals surface area contributed by atoms with E-state index in [0.29, 0.717) is 0 Å². The molecular weight excluding hydrogens is 303 g/mol. The van der Waals surface area contributed by atoms with Gasteiger partial charge in [-0.25, -0.2) is 9.34 Å². The fourth-order valence-corrected chi connectivity index (χ4v) is 5.01. The van der Waals surface area contributed by atoms with Crippen molar-refractivity contribution in [1.82, 2.24) is 9.34 Å². The highest BCUT2D eigenvalue weighted by Gasteiger charge is 2.43. The van der Waals surface area contributed by atoms with E-state index in [1.54, 1.807) is 4.67 Å². The third kappa shape index (κ3) is 3.77. The fraction of sp³-hybridized carbons (Fsp3) is 0.600. The topological polar surface area (TPSA) is 73.2 Å². The van der Waals surface area contributed by atoms with Crippen LogP contribution < -0.4 is 0 Å². The monoisotopic (exact) mass is 330 g/mol. The van der Waals surface area contributed by atoms with Crippen LogP contribution in [0.15, 0.2) is 30.3 Å². The van der Waals surface area contributed by atoms with E-state index in [1.807, 2.05) is 37.3 Å². The molecule has 2 atom stereocenters. The SMILES string of the molecule is [2H]C1([2H])CCN(C(C)c2ccccc2)P(=O)(N(CCO)CCO)O1. The summed E-state index contributed by atoms with van der Waals surface area (Å²) >= 11 is 0. The maximum atomic E-state index is 13.6. The fourth-order valence-electron chi connectivity index (χ4n) is 2.60. The van der Waals surface area contributed by atoms with E-state index in [2.05, 4.69) is 0 Å². The smallest absolute Gasteiger partial charge is 0.346 e. The van der Waals surface area contributed by atoms with E-state index in [1.165, 1.54) is 4.67 Å². The first-order chi connectivity index (χ1) is 11.3. The van der Waals surface area contributed by atoms with Gasteiger partial charge in [0.25, 0.3) is 0 Å². The molecule has 124 valence electrons. The molecule has 2 rings (SSSR count). The van der Waals surface area contributed by atoms with Crippen LogP contribution >= 0.6 is 7.67 Å². The van der Waals surface area contributed by atoms with Crippen molar-refractivity contribution in [2.75, 3.05) is 39.4 Å². The van der Waals surface area contributed by atoms with Gasteiger partial charge in [0.2, 0.25) is 0 Å². The van der Waals surface area contributed by atoms with Crippen molar-refractivity contribution in [3.05, 3.63) is 35.9 Å². The molecule has 2 N–H and O–H groups in total. The molecule has 1 aromatic carbocycles. The standard InChI is InChI=1S/C15H25N2O4P/c1-14(15-6-3-2-4-7-15)17-8-5-13-21-22(17,20)16(9-11-18)10-12-19/h2-4,6-7,14,18-19H,5,8-13H2,1H3/i13D2. The van der Waals surface area contributed by atoms with Gasteiger partial charge in [-0.3, -0.25) is 4.57 Å². The number of hydrogen-bond acceptors (Lipinski definition) is 4. The van der Waals surface area contributed by atoms with Crippen molar-refractivity contribution in [2.45, 2.75) is 19.4 Å². The Morgan fingerprint density at radius 2 is 2.00 bits per heavy atom. The Balaban J connectivity index is 2.37. The van der Waals surface area contributed by atoms with E-state index in [0.717, 1.165) is 5.56 Å². The Morgan fingerprint density at radius 1 is 1.36 bits per heavy atom. The second-order valence-electron chi connectivity index (χ2n) is 5.13. The van der Waals surface area contributed by atoms with Gasteiger partial charge >= 0.3 is 7.67 Å². The molecule has 1 heterocycles. The van der Waals surface area contributed by atoms with E-state index < -0.39 is 14.2 Å². The third-order valence-corrected chi connectivity index (χ3v) is 6.43. The van der Waals surface area contributed by atoms with Crippen LogP contribution in [0.25, 0.3) is 0 Å². The molecule has 22 heavy (non-hydrogen) atoms. The number of hydrogen-bond donors (Lipinski definition) is 2. The summed E-state index contributed by atoms with van der Waals surface area (Å²) in [6, 6.07) is 9.25. The lowest BCUT2D eigenvalue weighted by molar-refractivity contribution is 0.126. The number of nitrogens with zero attached hydrogens (tertiary/aromatic N) is 2. The molecule has 1 aliphatic rings. The Kier molecular flexibility index (Phi) is 5.52. The average Bonchev–Trinajstić information content (AvgIpc) is 2.54. The molecule has 0 spiro atoms. The molecule has 7 heteroatoms. The van der Waals surface area contributed by atoms with Gasteiger partial charge in [-0.05, 0) is 18.9 Å². The molecule has 0 radical (unpaired) electrons. The van der Waals surface area contributed by atoms with Crippen molar-refractivity contribution in [1.29, 1.82) is 0 Å². The van der Waals surface area contributed by atoms with Crippen molar-refractivity contribution in [3.8, 4) is 0 Å². The van der Waals surface area contributed by atoms with Crippen LogP contribution in [0, 0.1) is 0 Å². The summed E-state index contributed by atoms with van der Waals surface area (Å²) in [6.07, 6.45) is 0.0975. The molecule has 6 nitrogen and oxygen atoms in total. The molecule has 1 aromatic rings. The van der Waals surface area contributed by atoms with Crippen LogP contribution in [-0.4, -0.2) is 59.0 Å². The predicted molar refractivity (Wildman–Crippen MR) is 85.5 cm³/mol. The zero-order valence-electron chi connectivity index (χ0n) is 14.8. The molecule has 2 unspecified atom stereocenters. The molecule has 0 aliphatic carbocycles. The van der Waals surface area contributed by atoms with E-state index in [4.69, 9.17) is 7.27 Å². The first-order valence-corrected chi connectivity index (χ1v) is 8.97. The van der Waals surface area contributed by atoms with E-state index >= 15 is 0 Å². The number of aliphatic hydroxyl groups excluding tert-OH is 2. The number of rotatable bonds is 7. The number of aliphatic hydroxyl groups is 2. The Bertz CT molecular complexity index is 570. The third-order valence-electron chi connectivity index (χ3n) is 3.75. The predicted octanol–water partition coefficient (Wildman–Crippen LogP) is 1.86. The van der Waals surface area contributed by atoms with Gasteiger partial charge in [-0.15, -0.1) is 0 Å². The highest BCUT2D eigenvalue weighted by Crippen LogP contribution is 2.59. The molecule has 0 bridgehead atoms. The van der Waals surface area contributed by atoms with E-state index in [-0.39, 0.29) is 45.3 Å². The maximum absolute atomic E-state index is 13.6. The largest absolute Gasteiger partial charge is 0.395 e. The highest BCUT2D eigenvalue weighted by molar-refractivity contribution is 7.54. The summed E-state index contributed by atoms with van der Waals surface area (Å²) in [7, 11) is -3.74. The molecule has 1 aliphatic heterocycles. The summed E-state index contributed by atoms with van der Waals surface area (Å²) in [4.78, 5) is 0. The second kappa shape index (κ2) is 8.20. The summed E-state index contributed by atoms with van der Waals surface area (Å²) in [5, 5.41) is 18.5. The lowest BCUT2D eigenvalue weighted by Crippen LogP contribution is -2.40. The molecule has 1 saturated heterocycles. The van der Waals surface area contributed by atoms with Crippen LogP contribution in [-0.2, 0) is 9.09 Å². The van der Waals surface area contributed by atoms with Crippen molar-refractivity contribution < 1.29 is 22.0 Å². The summed E-state index contributed by atoms with van der Waals surface area (Å²) in [5.74, 6) is 0. The first kappa shape index (κ1) is 14.8. The molecule has 1 fully saturated rings. The Labute approximate surface area is 134 Å². The van der Waals surface area contributed by atoms with Gasteiger partial charge in [0.05, 0.1) is 22.5 Å². The molecular formula is C15H25N2O4P. The Morgan fingerprint density at radius 3 is 2.59 bits per heavy atom. The minimum absolute atomic E-state index is 0.0337. The second-order valence-corrected chi connectivity index (χ2v) is 7.37. The van der Waals surface area contributed by atoms with Gasteiger partial charge in [0, 0.05) is 25.7 Å². The van der Waals surface area contributed by atoms with Crippen molar-refractivity contribution in [2.24, 2.45) is 0 Å². The van der Waals surface area contributed by atoms with Crippen LogP contribution in [0.5, 0.6) is 0 Å². The minimum atomic E-state index is -3.74. The van der Waals surface area contributed by atoms with Crippen LogP contribution in [0.4, 0.5) is 0 Å². The zero-order chi connectivity index (χ0) is 17.8. The average molecular weight is 330 g/mol. The van der Waals surface area contributed by atoms with Crippen molar-refractivity contribution >= 4 is 7.67 Å². The van der Waals surface area contributed by atoms with E-state index in [9.17, 15) is 14.8 Å². The maximum Gasteiger partial charge on any atom is 0.346 e. The van der Waals surface area contributed by atoms with Gasteiger partial charge in [0.15, 0.2) is 0 Å². The lowest BCUT2D eigenvalue weighted by atomic mass is 10.1. The van der Waals surface area contributed by atoms with Gasteiger partial charge in [-0.1, -0.05) is 30.3 Å². The minimum Gasteiger partial charge on any atom is -0.395 e. The summed E-state index contributed by atoms with van der Waals surface area (Å²) in [6.45, 7) is -0.312. The van der Waals surface area contributed by atoms with Gasteiger partial charge in [0.1, 0.15) is 0 Å². The van der Waals surface area contributed by atoms with Gasteiger partial charge in [-0.2, -0.15) is 0 Å². The summed E-state index contributed by atoms with van der Waals surface area (Å²) in [5.41, 5.74) is 0.941. The normalized spacial score (nSPS) is 28.2. The molecule has 0 saturated carbocycles. The summed E-state index contributed by atoms with van der Waals surface area (Å²) < 4.78 is 37.8. The van der Waals surface area contributed by atoms with Crippen LogP contribution in [0.1, 0.15) is 27.7 Å². The quantitative estimate of drug-likeness (QED) is 0.744. The van der Waals surface area contributed by atoms with Crippen molar-refractivity contribution in [3.63, 3.8) is 0 Å². The zero-order valence-corrected chi connectivity index (χ0v) is 13.7. The number of benzene rings is 1. The molecule has 0 aromatic heterocycles.